The van der Waals surface area contributed by atoms with Crippen molar-refractivity contribution in [3.63, 3.8) is 0 Å². The number of primary amides is 1. The van der Waals surface area contributed by atoms with Gasteiger partial charge in [0.25, 0.3) is 5.91 Å². The maximum atomic E-state index is 11.8. The van der Waals surface area contributed by atoms with Gasteiger partial charge in [-0.2, -0.15) is 0 Å². The molecule has 0 radical (unpaired) electrons. The Labute approximate surface area is 112 Å². The lowest BCUT2D eigenvalue weighted by atomic mass is 10.0. The molecule has 0 saturated carbocycles. The number of carbonyl (C=O) groups excluding carboxylic acids is 2. The first-order valence-corrected chi connectivity index (χ1v) is 6.01. The Bertz CT molecular complexity index is 455. The average molecular weight is 265 g/mol. The molecule has 0 spiro atoms. The normalized spacial score (nSPS) is 13.4. The molecule has 1 rings (SSSR count). The summed E-state index contributed by atoms with van der Waals surface area (Å²) in [5.74, 6) is -0.278. The molecule has 1 atom stereocenters. The van der Waals surface area contributed by atoms with E-state index in [1.807, 2.05) is 6.92 Å². The Balaban J connectivity index is 2.60. The van der Waals surface area contributed by atoms with Crippen LogP contribution in [0.25, 0.3) is 0 Å². The zero-order valence-electron chi connectivity index (χ0n) is 11.1. The Morgan fingerprint density at radius 2 is 1.89 bits per heavy atom. The summed E-state index contributed by atoms with van der Waals surface area (Å²) in [7, 11) is 0. The molecule has 0 aliphatic carbocycles. The number of nitrogens with two attached hydrogens (primary N) is 1. The number of nitrogens with one attached hydrogen (secondary N) is 2. The van der Waals surface area contributed by atoms with Gasteiger partial charge < -0.3 is 21.5 Å². The van der Waals surface area contributed by atoms with Gasteiger partial charge in [0.05, 0.1) is 5.60 Å². The second-order valence-corrected chi connectivity index (χ2v) is 4.60. The molecule has 1 aromatic carbocycles. The molecule has 6 heteroatoms. The molecule has 0 heterocycles. The number of benzene rings is 1. The van der Waals surface area contributed by atoms with Crippen LogP contribution in [0.1, 0.15) is 30.6 Å². The van der Waals surface area contributed by atoms with E-state index in [9.17, 15) is 14.7 Å². The van der Waals surface area contributed by atoms with Crippen molar-refractivity contribution in [1.29, 1.82) is 0 Å². The molecule has 0 bridgehead atoms. The van der Waals surface area contributed by atoms with Crippen molar-refractivity contribution in [3.05, 3.63) is 29.8 Å². The molecule has 0 saturated heterocycles. The lowest BCUT2D eigenvalue weighted by molar-refractivity contribution is 0.0518. The zero-order chi connectivity index (χ0) is 14.5. The molecule has 0 aliphatic heterocycles. The van der Waals surface area contributed by atoms with Gasteiger partial charge in [0.2, 0.25) is 0 Å². The van der Waals surface area contributed by atoms with Crippen LogP contribution in [0.3, 0.4) is 0 Å². The molecule has 1 unspecified atom stereocenters. The van der Waals surface area contributed by atoms with Gasteiger partial charge in [-0.1, -0.05) is 6.92 Å². The first-order valence-electron chi connectivity index (χ1n) is 6.01. The highest BCUT2D eigenvalue weighted by atomic mass is 16.3. The van der Waals surface area contributed by atoms with E-state index in [0.29, 0.717) is 17.7 Å². The average Bonchev–Trinajstić information content (AvgIpc) is 2.36. The van der Waals surface area contributed by atoms with E-state index in [1.54, 1.807) is 31.2 Å². The molecule has 104 valence electrons. The fraction of sp³-hybridized carbons (Fsp3) is 0.385. The predicted octanol–water partition coefficient (Wildman–Crippen LogP) is 1.07. The second-order valence-electron chi connectivity index (χ2n) is 4.60. The summed E-state index contributed by atoms with van der Waals surface area (Å²) in [6, 6.07) is 5.65. The van der Waals surface area contributed by atoms with E-state index in [2.05, 4.69) is 10.6 Å². The van der Waals surface area contributed by atoms with Crippen molar-refractivity contribution in [2.75, 3.05) is 11.9 Å². The lowest BCUT2D eigenvalue weighted by Crippen LogP contribution is -2.40. The van der Waals surface area contributed by atoms with Crippen LogP contribution >= 0.6 is 0 Å². The van der Waals surface area contributed by atoms with Gasteiger partial charge in [-0.05, 0) is 37.6 Å². The quantitative estimate of drug-likeness (QED) is 0.640. The van der Waals surface area contributed by atoms with Crippen LogP contribution in [0.4, 0.5) is 10.5 Å². The lowest BCUT2D eigenvalue weighted by Gasteiger charge is -2.21. The molecule has 19 heavy (non-hydrogen) atoms. The van der Waals surface area contributed by atoms with E-state index in [0.717, 1.165) is 0 Å². The molecular formula is C13H19N3O3. The standard InChI is InChI=1S/C13H19N3O3/c1-3-13(2,19)8-15-11(17)9-4-6-10(7-5-9)16-12(14)18/h4-7,19H,3,8H2,1-2H3,(H,15,17)(H3,14,16,18). The van der Waals surface area contributed by atoms with Gasteiger partial charge in [0, 0.05) is 17.8 Å². The second kappa shape index (κ2) is 6.19. The molecule has 0 aliphatic rings. The van der Waals surface area contributed by atoms with Gasteiger partial charge >= 0.3 is 6.03 Å². The van der Waals surface area contributed by atoms with Crippen LogP contribution in [-0.4, -0.2) is 29.2 Å². The van der Waals surface area contributed by atoms with Crippen molar-refractivity contribution in [2.45, 2.75) is 25.9 Å². The first kappa shape index (κ1) is 15.0. The fourth-order valence-corrected chi connectivity index (χ4v) is 1.34. The Morgan fingerprint density at radius 3 is 2.37 bits per heavy atom. The summed E-state index contributed by atoms with van der Waals surface area (Å²) in [6.45, 7) is 3.69. The highest BCUT2D eigenvalue weighted by molar-refractivity contribution is 5.95. The highest BCUT2D eigenvalue weighted by Gasteiger charge is 2.18. The van der Waals surface area contributed by atoms with Crippen LogP contribution < -0.4 is 16.4 Å². The minimum absolute atomic E-state index is 0.184. The Morgan fingerprint density at radius 1 is 1.32 bits per heavy atom. The summed E-state index contributed by atoms with van der Waals surface area (Å²) in [6.07, 6.45) is 0.550. The summed E-state index contributed by atoms with van der Waals surface area (Å²) in [4.78, 5) is 22.4. The summed E-state index contributed by atoms with van der Waals surface area (Å²) < 4.78 is 0. The van der Waals surface area contributed by atoms with Gasteiger partial charge in [0.1, 0.15) is 0 Å². The maximum Gasteiger partial charge on any atom is 0.316 e. The van der Waals surface area contributed by atoms with Crippen LogP contribution in [0.15, 0.2) is 24.3 Å². The molecular weight excluding hydrogens is 246 g/mol. The van der Waals surface area contributed by atoms with E-state index < -0.39 is 11.6 Å². The monoisotopic (exact) mass is 265 g/mol. The van der Waals surface area contributed by atoms with Gasteiger partial charge in [-0.3, -0.25) is 4.79 Å². The van der Waals surface area contributed by atoms with Crippen molar-refractivity contribution in [3.8, 4) is 0 Å². The van der Waals surface area contributed by atoms with Crippen molar-refractivity contribution >= 4 is 17.6 Å². The minimum Gasteiger partial charge on any atom is -0.388 e. The fourth-order valence-electron chi connectivity index (χ4n) is 1.34. The molecule has 0 fully saturated rings. The third kappa shape index (κ3) is 4.97. The Kier molecular flexibility index (Phi) is 4.88. The molecule has 6 nitrogen and oxygen atoms in total. The number of anilines is 1. The third-order valence-electron chi connectivity index (χ3n) is 2.81. The van der Waals surface area contributed by atoms with Crippen LogP contribution in [0, 0.1) is 0 Å². The van der Waals surface area contributed by atoms with Gasteiger partial charge in [0.15, 0.2) is 0 Å². The summed E-state index contributed by atoms with van der Waals surface area (Å²) >= 11 is 0. The van der Waals surface area contributed by atoms with E-state index in [-0.39, 0.29) is 12.5 Å². The van der Waals surface area contributed by atoms with E-state index in [4.69, 9.17) is 5.73 Å². The van der Waals surface area contributed by atoms with Crippen LogP contribution in [-0.2, 0) is 0 Å². The number of hydrogen-bond donors (Lipinski definition) is 4. The predicted molar refractivity (Wildman–Crippen MR) is 72.9 cm³/mol. The number of urea groups is 1. The largest absolute Gasteiger partial charge is 0.388 e. The number of aliphatic hydroxyl groups is 1. The van der Waals surface area contributed by atoms with E-state index in [1.165, 1.54) is 0 Å². The van der Waals surface area contributed by atoms with Gasteiger partial charge in [-0.15, -0.1) is 0 Å². The minimum atomic E-state index is -0.914. The Hall–Kier alpha value is -2.08. The summed E-state index contributed by atoms with van der Waals surface area (Å²) in [5.41, 5.74) is 5.03. The number of carbonyl (C=O) groups is 2. The number of rotatable bonds is 5. The molecule has 5 N–H and O–H groups in total. The van der Waals surface area contributed by atoms with Crippen molar-refractivity contribution < 1.29 is 14.7 Å². The van der Waals surface area contributed by atoms with E-state index >= 15 is 0 Å². The van der Waals surface area contributed by atoms with Crippen molar-refractivity contribution in [2.24, 2.45) is 5.73 Å². The van der Waals surface area contributed by atoms with Crippen molar-refractivity contribution in [1.82, 2.24) is 5.32 Å². The smallest absolute Gasteiger partial charge is 0.316 e. The summed E-state index contributed by atoms with van der Waals surface area (Å²) in [5, 5.41) is 14.8. The topological polar surface area (TPSA) is 104 Å². The molecule has 1 aromatic rings. The highest BCUT2D eigenvalue weighted by Crippen LogP contribution is 2.10. The molecule has 3 amide bonds. The maximum absolute atomic E-state index is 11.8. The number of hydrogen-bond acceptors (Lipinski definition) is 3. The van der Waals surface area contributed by atoms with Crippen LogP contribution in [0.5, 0.6) is 0 Å². The SMILES string of the molecule is CCC(C)(O)CNC(=O)c1ccc(NC(N)=O)cc1. The molecule has 0 aromatic heterocycles. The van der Waals surface area contributed by atoms with Crippen LogP contribution in [0.2, 0.25) is 0 Å². The first-order chi connectivity index (χ1) is 8.84. The third-order valence-corrected chi connectivity index (χ3v) is 2.81. The zero-order valence-corrected chi connectivity index (χ0v) is 11.1. The number of amides is 3. The van der Waals surface area contributed by atoms with Gasteiger partial charge in [-0.25, -0.2) is 4.79 Å².